The van der Waals surface area contributed by atoms with Gasteiger partial charge in [0.2, 0.25) is 5.91 Å². The van der Waals surface area contributed by atoms with Crippen molar-refractivity contribution >= 4 is 5.91 Å². The molecule has 1 atom stereocenters. The predicted molar refractivity (Wildman–Crippen MR) is 93.0 cm³/mol. The van der Waals surface area contributed by atoms with Crippen LogP contribution in [0.5, 0.6) is 5.75 Å². The molecule has 1 unspecified atom stereocenters. The Kier molecular flexibility index (Phi) is 5.41. The number of para-hydroxylation sites is 1. The molecule has 1 amide bonds. The highest BCUT2D eigenvalue weighted by atomic mass is 16.5. The Balaban J connectivity index is 1.64. The fourth-order valence-corrected chi connectivity index (χ4v) is 3.60. The van der Waals surface area contributed by atoms with Crippen molar-refractivity contribution in [1.29, 1.82) is 0 Å². The van der Waals surface area contributed by atoms with Gasteiger partial charge >= 0.3 is 0 Å². The van der Waals surface area contributed by atoms with Crippen LogP contribution in [0.15, 0.2) is 24.3 Å². The highest BCUT2D eigenvalue weighted by Gasteiger charge is 2.33. The molecule has 0 radical (unpaired) electrons. The summed E-state index contributed by atoms with van der Waals surface area (Å²) in [4.78, 5) is 12.8. The molecular weight excluding hydrogens is 304 g/mol. The molecule has 2 aliphatic rings. The number of carbonyl (C=O) groups excluding carboxylic acids is 1. The van der Waals surface area contributed by atoms with Crippen molar-refractivity contribution in [2.24, 2.45) is 11.3 Å². The van der Waals surface area contributed by atoms with Gasteiger partial charge < -0.3 is 14.8 Å². The Morgan fingerprint density at radius 1 is 1.25 bits per heavy atom. The number of fused-ring (bicyclic) bond motifs is 1. The lowest BCUT2D eigenvalue weighted by atomic mass is 9.74. The number of benzene rings is 1. The molecule has 24 heavy (non-hydrogen) atoms. The van der Waals surface area contributed by atoms with E-state index in [2.05, 4.69) is 24.5 Å². The van der Waals surface area contributed by atoms with Gasteiger partial charge in [-0.2, -0.15) is 0 Å². The first-order valence-corrected chi connectivity index (χ1v) is 8.88. The molecule has 1 aromatic carbocycles. The smallest absolute Gasteiger partial charge is 0.241 e. The van der Waals surface area contributed by atoms with E-state index < -0.39 is 0 Å². The van der Waals surface area contributed by atoms with E-state index in [0.717, 1.165) is 37.4 Å². The summed E-state index contributed by atoms with van der Waals surface area (Å²) in [6.45, 7) is 8.05. The van der Waals surface area contributed by atoms with Crippen molar-refractivity contribution in [3.8, 4) is 5.75 Å². The second-order valence-electron chi connectivity index (χ2n) is 7.37. The first kappa shape index (κ1) is 17.2. The van der Waals surface area contributed by atoms with Gasteiger partial charge in [0.25, 0.3) is 0 Å². The fraction of sp³-hybridized carbons (Fsp3) is 0.632. The van der Waals surface area contributed by atoms with Gasteiger partial charge in [0.15, 0.2) is 0 Å². The first-order valence-electron chi connectivity index (χ1n) is 8.88. The van der Waals surface area contributed by atoms with Gasteiger partial charge in [-0.1, -0.05) is 32.0 Å². The van der Waals surface area contributed by atoms with Crippen molar-refractivity contribution in [2.45, 2.75) is 32.7 Å². The van der Waals surface area contributed by atoms with Crippen LogP contribution in [0.25, 0.3) is 0 Å². The van der Waals surface area contributed by atoms with Crippen LogP contribution in [0.3, 0.4) is 0 Å². The molecule has 1 fully saturated rings. The van der Waals surface area contributed by atoms with E-state index in [-0.39, 0.29) is 17.4 Å². The highest BCUT2D eigenvalue weighted by Crippen LogP contribution is 2.34. The van der Waals surface area contributed by atoms with Crippen LogP contribution in [0.4, 0.5) is 0 Å². The molecule has 0 bridgehead atoms. The van der Waals surface area contributed by atoms with Crippen LogP contribution in [0.2, 0.25) is 0 Å². The Hall–Kier alpha value is -1.59. The number of carbonyl (C=O) groups is 1. The molecule has 1 aromatic rings. The van der Waals surface area contributed by atoms with Crippen LogP contribution in [0, 0.1) is 11.3 Å². The second kappa shape index (κ2) is 7.53. The highest BCUT2D eigenvalue weighted by molar-refractivity contribution is 5.84. The lowest BCUT2D eigenvalue weighted by molar-refractivity contribution is -0.124. The van der Waals surface area contributed by atoms with E-state index in [1.165, 1.54) is 0 Å². The summed E-state index contributed by atoms with van der Waals surface area (Å²) in [5.41, 5.74) is 0.983. The van der Waals surface area contributed by atoms with Gasteiger partial charge in [-0.15, -0.1) is 0 Å². The molecule has 1 saturated heterocycles. The van der Waals surface area contributed by atoms with E-state index in [1.54, 1.807) is 0 Å². The molecule has 0 saturated carbocycles. The summed E-state index contributed by atoms with van der Waals surface area (Å²) >= 11 is 0. The first-order chi connectivity index (χ1) is 11.6. The summed E-state index contributed by atoms with van der Waals surface area (Å²) in [6, 6.07) is 7.42. The summed E-state index contributed by atoms with van der Waals surface area (Å²) in [6.07, 6.45) is 2.14. The Labute approximate surface area is 144 Å². The number of rotatable bonds is 4. The zero-order valence-corrected chi connectivity index (χ0v) is 14.6. The van der Waals surface area contributed by atoms with Crippen molar-refractivity contribution in [3.05, 3.63) is 29.8 Å². The molecular formula is C19H28N2O3. The third-order valence-electron chi connectivity index (χ3n) is 5.25. The number of amides is 1. The average Bonchev–Trinajstić information content (AvgIpc) is 2.83. The molecule has 2 aliphatic heterocycles. The predicted octanol–water partition coefficient (Wildman–Crippen LogP) is 2.28. The van der Waals surface area contributed by atoms with Gasteiger partial charge in [0.05, 0.1) is 0 Å². The maximum absolute atomic E-state index is 12.8. The van der Waals surface area contributed by atoms with E-state index in [9.17, 15) is 4.79 Å². The number of hydrogen-bond acceptors (Lipinski definition) is 4. The van der Waals surface area contributed by atoms with Gasteiger partial charge in [0, 0.05) is 31.9 Å². The minimum absolute atomic E-state index is 0.0214. The van der Waals surface area contributed by atoms with E-state index in [4.69, 9.17) is 9.47 Å². The molecule has 3 rings (SSSR count). The van der Waals surface area contributed by atoms with Crippen LogP contribution in [-0.2, 0) is 9.53 Å². The minimum Gasteiger partial charge on any atom is -0.492 e. The number of hydrogen-bond donors (Lipinski definition) is 2. The van der Waals surface area contributed by atoms with Gasteiger partial charge in [-0.3, -0.25) is 10.1 Å². The monoisotopic (exact) mass is 332 g/mol. The Bertz CT molecular complexity index is 567. The summed E-state index contributed by atoms with van der Waals surface area (Å²) in [7, 11) is 0. The van der Waals surface area contributed by atoms with Crippen LogP contribution >= 0.6 is 0 Å². The fourth-order valence-electron chi connectivity index (χ4n) is 3.60. The molecule has 2 heterocycles. The van der Waals surface area contributed by atoms with Gasteiger partial charge in [0.1, 0.15) is 18.4 Å². The molecule has 5 heteroatoms. The zero-order chi connectivity index (χ0) is 17.0. The normalized spacial score (nSPS) is 22.2. The lowest BCUT2D eigenvalue weighted by Crippen LogP contribution is -2.44. The van der Waals surface area contributed by atoms with E-state index in [1.807, 2.05) is 24.3 Å². The maximum Gasteiger partial charge on any atom is 0.241 e. The van der Waals surface area contributed by atoms with Crippen molar-refractivity contribution < 1.29 is 14.3 Å². The summed E-state index contributed by atoms with van der Waals surface area (Å²) < 4.78 is 11.2. The van der Waals surface area contributed by atoms with Gasteiger partial charge in [-0.05, 0) is 30.2 Å². The average molecular weight is 332 g/mol. The second-order valence-corrected chi connectivity index (χ2v) is 7.37. The largest absolute Gasteiger partial charge is 0.492 e. The minimum atomic E-state index is -0.353. The molecule has 0 aliphatic carbocycles. The Morgan fingerprint density at radius 3 is 2.79 bits per heavy atom. The van der Waals surface area contributed by atoms with Crippen molar-refractivity contribution in [1.82, 2.24) is 10.6 Å². The van der Waals surface area contributed by atoms with Crippen molar-refractivity contribution in [3.63, 3.8) is 0 Å². The molecule has 5 nitrogen and oxygen atoms in total. The molecule has 0 spiro atoms. The van der Waals surface area contributed by atoms with Gasteiger partial charge in [-0.25, -0.2) is 0 Å². The van der Waals surface area contributed by atoms with Crippen LogP contribution in [0.1, 0.15) is 38.3 Å². The maximum atomic E-state index is 12.8. The molecule has 132 valence electrons. The van der Waals surface area contributed by atoms with E-state index in [0.29, 0.717) is 25.6 Å². The zero-order valence-electron chi connectivity index (χ0n) is 14.6. The standard InChI is InChI=1S/C19H28N2O3/c1-19(2,14-7-10-23-11-8-14)13-21-18(22)17-15-5-3-4-6-16(15)24-12-9-20-17/h3-6,14,17,20H,7-13H2,1-2H3,(H,21,22). The number of nitrogens with one attached hydrogen (secondary N) is 2. The summed E-state index contributed by atoms with van der Waals surface area (Å²) in [5, 5.41) is 6.46. The SMILES string of the molecule is CC(C)(CNC(=O)C1NCCOc2ccccc21)C1CCOCC1. The van der Waals surface area contributed by atoms with Crippen LogP contribution in [-0.4, -0.2) is 38.8 Å². The quantitative estimate of drug-likeness (QED) is 0.888. The molecule has 2 N–H and O–H groups in total. The summed E-state index contributed by atoms with van der Waals surface area (Å²) in [5.74, 6) is 1.41. The topological polar surface area (TPSA) is 59.6 Å². The van der Waals surface area contributed by atoms with Crippen LogP contribution < -0.4 is 15.4 Å². The third-order valence-corrected chi connectivity index (χ3v) is 5.25. The Morgan fingerprint density at radius 2 is 2.00 bits per heavy atom. The van der Waals surface area contributed by atoms with E-state index >= 15 is 0 Å². The lowest BCUT2D eigenvalue weighted by Gasteiger charge is -2.37. The molecule has 0 aromatic heterocycles. The third kappa shape index (κ3) is 3.90. The van der Waals surface area contributed by atoms with Crippen molar-refractivity contribution in [2.75, 3.05) is 32.9 Å². The number of ether oxygens (including phenoxy) is 2.